The van der Waals surface area contributed by atoms with Crippen LogP contribution in [0.25, 0.3) is 0 Å². The van der Waals surface area contributed by atoms with Crippen LogP contribution in [-0.2, 0) is 6.42 Å². The second kappa shape index (κ2) is 5.63. The number of hydrogen-bond donors (Lipinski definition) is 2. The second-order valence-electron chi connectivity index (χ2n) is 4.73. The van der Waals surface area contributed by atoms with E-state index in [1.165, 1.54) is 11.1 Å². The van der Waals surface area contributed by atoms with Gasteiger partial charge in [0, 0.05) is 6.20 Å². The molecular weight excluding hydrogens is 318 g/mol. The summed E-state index contributed by atoms with van der Waals surface area (Å²) in [6.45, 7) is 0. The van der Waals surface area contributed by atoms with Gasteiger partial charge < -0.3 is 10.6 Å². The van der Waals surface area contributed by atoms with Gasteiger partial charge in [-0.15, -0.1) is 0 Å². The van der Waals surface area contributed by atoms with Crippen molar-refractivity contribution >= 4 is 27.6 Å². The molecule has 5 heteroatoms. The lowest BCUT2D eigenvalue weighted by Gasteiger charge is -2.15. The predicted octanol–water partition coefficient (Wildman–Crippen LogP) is 3.65. The number of halogens is 1. The molecule has 4 nitrogen and oxygen atoms in total. The van der Waals surface area contributed by atoms with Crippen LogP contribution in [0.5, 0.6) is 0 Å². The highest BCUT2D eigenvalue weighted by Crippen LogP contribution is 2.30. The number of aromatic nitrogens is 1. The van der Waals surface area contributed by atoms with Gasteiger partial charge in [0.05, 0.1) is 11.7 Å². The number of pyridine rings is 1. The molecule has 0 saturated carbocycles. The first-order valence-electron chi connectivity index (χ1n) is 6.50. The van der Waals surface area contributed by atoms with Gasteiger partial charge in [-0.3, -0.25) is 0 Å². The molecule has 0 bridgehead atoms. The zero-order chi connectivity index (χ0) is 13.9. The molecule has 1 heterocycles. The number of nitrogens with one attached hydrogen (secondary N) is 2. The minimum atomic E-state index is -0.208. The van der Waals surface area contributed by atoms with Crippen LogP contribution in [0.3, 0.4) is 0 Å². The van der Waals surface area contributed by atoms with Gasteiger partial charge in [-0.2, -0.15) is 0 Å². The van der Waals surface area contributed by atoms with Crippen LogP contribution in [0, 0.1) is 0 Å². The Morgan fingerprint density at radius 3 is 2.95 bits per heavy atom. The standard InChI is InChI=1S/C15H14BrN3O/c16-14-13(6-3-9-17-14)19-15(20)18-12-8-7-10-4-1-2-5-11(10)12/h1-6,9,12H,7-8H2,(H2,18,19,20). The van der Waals surface area contributed by atoms with E-state index in [0.717, 1.165) is 12.8 Å². The average Bonchev–Trinajstić information content (AvgIpc) is 2.85. The first-order chi connectivity index (χ1) is 9.74. The Kier molecular flexibility index (Phi) is 3.69. The maximum absolute atomic E-state index is 12.1. The fourth-order valence-corrected chi connectivity index (χ4v) is 2.85. The highest BCUT2D eigenvalue weighted by molar-refractivity contribution is 9.10. The summed E-state index contributed by atoms with van der Waals surface area (Å²) in [6, 6.07) is 11.7. The maximum atomic E-state index is 12.1. The van der Waals surface area contributed by atoms with Crippen molar-refractivity contribution in [2.75, 3.05) is 5.32 Å². The summed E-state index contributed by atoms with van der Waals surface area (Å²) in [5, 5.41) is 5.82. The number of urea groups is 1. The van der Waals surface area contributed by atoms with E-state index in [-0.39, 0.29) is 12.1 Å². The number of anilines is 1. The van der Waals surface area contributed by atoms with E-state index in [4.69, 9.17) is 0 Å². The van der Waals surface area contributed by atoms with Crippen molar-refractivity contribution in [1.29, 1.82) is 0 Å². The van der Waals surface area contributed by atoms with Gasteiger partial charge in [-0.25, -0.2) is 9.78 Å². The lowest BCUT2D eigenvalue weighted by molar-refractivity contribution is 0.248. The summed E-state index contributed by atoms with van der Waals surface area (Å²) in [5.74, 6) is 0. The minimum Gasteiger partial charge on any atom is -0.331 e. The Hall–Kier alpha value is -1.88. The topological polar surface area (TPSA) is 54.0 Å². The smallest absolute Gasteiger partial charge is 0.319 e. The molecule has 1 aliphatic rings. The van der Waals surface area contributed by atoms with Crippen molar-refractivity contribution in [1.82, 2.24) is 10.3 Å². The van der Waals surface area contributed by atoms with Gasteiger partial charge in [-0.1, -0.05) is 24.3 Å². The van der Waals surface area contributed by atoms with E-state index < -0.39 is 0 Å². The number of amides is 2. The van der Waals surface area contributed by atoms with Crippen LogP contribution in [0.1, 0.15) is 23.6 Å². The second-order valence-corrected chi connectivity index (χ2v) is 5.48. The van der Waals surface area contributed by atoms with Crippen molar-refractivity contribution in [3.8, 4) is 0 Å². The van der Waals surface area contributed by atoms with E-state index in [1.807, 2.05) is 12.1 Å². The van der Waals surface area contributed by atoms with Crippen molar-refractivity contribution in [2.24, 2.45) is 0 Å². The molecule has 1 aromatic heterocycles. The molecule has 1 aromatic carbocycles. The molecule has 0 spiro atoms. The van der Waals surface area contributed by atoms with E-state index in [2.05, 4.69) is 43.7 Å². The highest BCUT2D eigenvalue weighted by Gasteiger charge is 2.23. The van der Waals surface area contributed by atoms with Gasteiger partial charge in [0.15, 0.2) is 0 Å². The normalized spacial score (nSPS) is 16.6. The third kappa shape index (κ3) is 2.67. The summed E-state index contributed by atoms with van der Waals surface area (Å²) >= 11 is 3.31. The van der Waals surface area contributed by atoms with Gasteiger partial charge in [0.25, 0.3) is 0 Å². The number of carbonyl (C=O) groups excluding carboxylic acids is 1. The third-order valence-corrected chi connectivity index (χ3v) is 4.08. The molecule has 1 aliphatic carbocycles. The largest absolute Gasteiger partial charge is 0.331 e. The average molecular weight is 332 g/mol. The predicted molar refractivity (Wildman–Crippen MR) is 81.6 cm³/mol. The molecule has 1 unspecified atom stereocenters. The van der Waals surface area contributed by atoms with Gasteiger partial charge in [0.2, 0.25) is 0 Å². The van der Waals surface area contributed by atoms with Crippen LogP contribution in [-0.4, -0.2) is 11.0 Å². The monoisotopic (exact) mass is 331 g/mol. The zero-order valence-electron chi connectivity index (χ0n) is 10.8. The first kappa shape index (κ1) is 13.1. The number of fused-ring (bicyclic) bond motifs is 1. The number of aryl methyl sites for hydroxylation is 1. The van der Waals surface area contributed by atoms with Crippen molar-refractivity contribution in [3.05, 3.63) is 58.3 Å². The number of carbonyl (C=O) groups is 1. The molecule has 102 valence electrons. The molecule has 0 saturated heterocycles. The summed E-state index contributed by atoms with van der Waals surface area (Å²) in [6.07, 6.45) is 3.62. The van der Waals surface area contributed by atoms with Gasteiger partial charge in [0.1, 0.15) is 4.60 Å². The summed E-state index contributed by atoms with van der Waals surface area (Å²) in [4.78, 5) is 16.1. The third-order valence-electron chi connectivity index (χ3n) is 3.45. The molecule has 2 N–H and O–H groups in total. The van der Waals surface area contributed by atoms with Crippen LogP contribution in [0.15, 0.2) is 47.2 Å². The molecule has 0 aliphatic heterocycles. The lowest BCUT2D eigenvalue weighted by atomic mass is 10.1. The number of nitrogens with zero attached hydrogens (tertiary/aromatic N) is 1. The summed E-state index contributed by atoms with van der Waals surface area (Å²) in [5.41, 5.74) is 3.20. The fourth-order valence-electron chi connectivity index (χ4n) is 2.50. The number of rotatable bonds is 2. The summed E-state index contributed by atoms with van der Waals surface area (Å²) < 4.78 is 0.627. The van der Waals surface area contributed by atoms with Crippen LogP contribution < -0.4 is 10.6 Å². The SMILES string of the molecule is O=C(Nc1cccnc1Br)NC1CCc2ccccc21. The van der Waals surface area contributed by atoms with Gasteiger partial charge >= 0.3 is 6.03 Å². The Labute approximate surface area is 125 Å². The molecule has 0 fully saturated rings. The van der Waals surface area contributed by atoms with E-state index in [1.54, 1.807) is 18.3 Å². The maximum Gasteiger partial charge on any atom is 0.319 e. The Morgan fingerprint density at radius 2 is 2.10 bits per heavy atom. The Bertz CT molecular complexity index is 645. The molecule has 3 rings (SSSR count). The van der Waals surface area contributed by atoms with Crippen LogP contribution in [0.2, 0.25) is 0 Å². The van der Waals surface area contributed by atoms with Gasteiger partial charge in [-0.05, 0) is 52.0 Å². The minimum absolute atomic E-state index is 0.0849. The molecular formula is C15H14BrN3O. The lowest BCUT2D eigenvalue weighted by Crippen LogP contribution is -2.31. The molecule has 1 atom stereocenters. The quantitative estimate of drug-likeness (QED) is 0.825. The number of benzene rings is 1. The van der Waals surface area contributed by atoms with Crippen LogP contribution in [0.4, 0.5) is 10.5 Å². The Morgan fingerprint density at radius 1 is 1.25 bits per heavy atom. The molecule has 2 aromatic rings. The number of hydrogen-bond acceptors (Lipinski definition) is 2. The van der Waals surface area contributed by atoms with Crippen molar-refractivity contribution < 1.29 is 4.79 Å². The van der Waals surface area contributed by atoms with Crippen LogP contribution >= 0.6 is 15.9 Å². The first-order valence-corrected chi connectivity index (χ1v) is 7.29. The molecule has 0 radical (unpaired) electrons. The fraction of sp³-hybridized carbons (Fsp3) is 0.200. The van der Waals surface area contributed by atoms with Crippen molar-refractivity contribution in [2.45, 2.75) is 18.9 Å². The van der Waals surface area contributed by atoms with E-state index in [9.17, 15) is 4.79 Å². The zero-order valence-corrected chi connectivity index (χ0v) is 12.4. The molecule has 2 amide bonds. The molecule has 20 heavy (non-hydrogen) atoms. The van der Waals surface area contributed by atoms with E-state index in [0.29, 0.717) is 10.3 Å². The van der Waals surface area contributed by atoms with Crippen molar-refractivity contribution in [3.63, 3.8) is 0 Å². The van der Waals surface area contributed by atoms with E-state index >= 15 is 0 Å². The Balaban J connectivity index is 1.68. The highest BCUT2D eigenvalue weighted by atomic mass is 79.9. The summed E-state index contributed by atoms with van der Waals surface area (Å²) in [7, 11) is 0.